The highest BCUT2D eigenvalue weighted by Gasteiger charge is 2.17. The van der Waals surface area contributed by atoms with Gasteiger partial charge in [0.1, 0.15) is 0 Å². The molecule has 70 valence electrons. The molecule has 0 fully saturated rings. The van der Waals surface area contributed by atoms with Crippen LogP contribution in [0.15, 0.2) is 18.5 Å². The summed E-state index contributed by atoms with van der Waals surface area (Å²) in [7, 11) is 1.27. The molecule has 1 aromatic heterocycles. The van der Waals surface area contributed by atoms with Gasteiger partial charge >= 0.3 is 12.0 Å². The van der Waals surface area contributed by atoms with Crippen LogP contribution in [0.25, 0.3) is 0 Å². The normalized spacial score (nSPS) is 11.8. The number of ether oxygens (including phenoxy) is 2. The van der Waals surface area contributed by atoms with E-state index in [9.17, 15) is 4.79 Å². The van der Waals surface area contributed by atoms with Crippen LogP contribution in [0.3, 0.4) is 0 Å². The summed E-state index contributed by atoms with van der Waals surface area (Å²) < 4.78 is 9.40. The molecule has 0 amide bonds. The van der Waals surface area contributed by atoms with Gasteiger partial charge in [0.25, 0.3) is 5.01 Å². The van der Waals surface area contributed by atoms with Crippen molar-refractivity contribution < 1.29 is 14.3 Å². The van der Waals surface area contributed by atoms with Crippen molar-refractivity contribution in [2.24, 2.45) is 0 Å². The minimum absolute atomic E-state index is 0.120. The van der Waals surface area contributed by atoms with E-state index >= 15 is 0 Å². The molecule has 1 rings (SSSR count). The standard InChI is InChI=1S/C7H7BrN2O3/c1-12-6(11)5(8)13-7-9-3-2-4-10-7/h2-5H,1H3. The molecule has 0 spiro atoms. The number of carbonyl (C=O) groups is 1. The molecule has 1 aromatic rings. The molecule has 1 heterocycles. The molecule has 0 aliphatic heterocycles. The quantitative estimate of drug-likeness (QED) is 0.582. The second-order valence-corrected chi connectivity index (χ2v) is 2.82. The smallest absolute Gasteiger partial charge is 0.358 e. The molecule has 0 bridgehead atoms. The zero-order chi connectivity index (χ0) is 9.68. The first-order valence-corrected chi connectivity index (χ1v) is 4.31. The Bertz CT molecular complexity index is 280. The summed E-state index contributed by atoms with van der Waals surface area (Å²) in [5.41, 5.74) is 0. The zero-order valence-corrected chi connectivity index (χ0v) is 8.39. The van der Waals surface area contributed by atoms with Gasteiger partial charge in [-0.3, -0.25) is 0 Å². The Kier molecular flexibility index (Phi) is 3.63. The maximum Gasteiger partial charge on any atom is 0.358 e. The van der Waals surface area contributed by atoms with Gasteiger partial charge in [0, 0.05) is 12.4 Å². The Morgan fingerprint density at radius 3 is 2.69 bits per heavy atom. The zero-order valence-electron chi connectivity index (χ0n) is 6.81. The highest BCUT2D eigenvalue weighted by molar-refractivity contribution is 9.09. The fraction of sp³-hybridized carbons (Fsp3) is 0.286. The van der Waals surface area contributed by atoms with Crippen LogP contribution < -0.4 is 4.74 Å². The van der Waals surface area contributed by atoms with E-state index < -0.39 is 11.0 Å². The lowest BCUT2D eigenvalue weighted by atomic mass is 10.7. The molecule has 0 saturated heterocycles. The summed E-state index contributed by atoms with van der Waals surface area (Å²) in [4.78, 5) is 18.4. The molecule has 0 aromatic carbocycles. The number of aromatic nitrogens is 2. The molecular formula is C7H7BrN2O3. The van der Waals surface area contributed by atoms with Crippen LogP contribution in [-0.2, 0) is 9.53 Å². The SMILES string of the molecule is COC(=O)C(Br)Oc1ncccn1. The van der Waals surface area contributed by atoms with E-state index in [1.807, 2.05) is 0 Å². The average molecular weight is 247 g/mol. The first-order chi connectivity index (χ1) is 6.24. The summed E-state index contributed by atoms with van der Waals surface area (Å²) >= 11 is 2.96. The van der Waals surface area contributed by atoms with Crippen LogP contribution in [0.4, 0.5) is 0 Å². The van der Waals surface area contributed by atoms with E-state index in [1.54, 1.807) is 6.07 Å². The van der Waals surface area contributed by atoms with E-state index in [-0.39, 0.29) is 6.01 Å². The van der Waals surface area contributed by atoms with Crippen LogP contribution in [0.2, 0.25) is 0 Å². The largest absolute Gasteiger partial charge is 0.466 e. The van der Waals surface area contributed by atoms with Gasteiger partial charge < -0.3 is 9.47 Å². The first kappa shape index (κ1) is 9.91. The van der Waals surface area contributed by atoms with Gasteiger partial charge in [-0.25, -0.2) is 14.8 Å². The Morgan fingerprint density at radius 2 is 2.15 bits per heavy atom. The highest BCUT2D eigenvalue weighted by Crippen LogP contribution is 2.08. The maximum atomic E-state index is 10.9. The van der Waals surface area contributed by atoms with Crippen LogP contribution in [0.1, 0.15) is 0 Å². The molecule has 1 unspecified atom stereocenters. The number of hydrogen-bond donors (Lipinski definition) is 0. The van der Waals surface area contributed by atoms with Gasteiger partial charge in [-0.15, -0.1) is 0 Å². The van der Waals surface area contributed by atoms with E-state index in [0.717, 1.165) is 0 Å². The van der Waals surface area contributed by atoms with Crippen molar-refractivity contribution in [2.45, 2.75) is 5.01 Å². The van der Waals surface area contributed by atoms with Gasteiger partial charge in [-0.1, -0.05) is 0 Å². The Hall–Kier alpha value is -1.17. The number of nitrogens with zero attached hydrogens (tertiary/aromatic N) is 2. The molecule has 13 heavy (non-hydrogen) atoms. The molecule has 0 radical (unpaired) electrons. The third-order valence-corrected chi connectivity index (χ3v) is 1.70. The number of halogens is 1. The average Bonchev–Trinajstić information content (AvgIpc) is 2.18. The minimum atomic E-state index is -0.875. The second kappa shape index (κ2) is 4.76. The monoisotopic (exact) mass is 246 g/mol. The molecule has 0 aliphatic carbocycles. The van der Waals surface area contributed by atoms with Gasteiger partial charge in [-0.05, 0) is 22.0 Å². The van der Waals surface area contributed by atoms with Gasteiger partial charge in [0.2, 0.25) is 0 Å². The van der Waals surface area contributed by atoms with Crippen molar-refractivity contribution in [2.75, 3.05) is 7.11 Å². The number of carbonyl (C=O) groups excluding carboxylic acids is 1. The van der Waals surface area contributed by atoms with Crippen LogP contribution in [-0.4, -0.2) is 28.1 Å². The lowest BCUT2D eigenvalue weighted by molar-refractivity contribution is -0.144. The van der Waals surface area contributed by atoms with Gasteiger partial charge in [-0.2, -0.15) is 0 Å². The van der Waals surface area contributed by atoms with Crippen molar-refractivity contribution in [3.05, 3.63) is 18.5 Å². The summed E-state index contributed by atoms with van der Waals surface area (Å²) in [5.74, 6) is -0.535. The molecule has 5 nitrogen and oxygen atoms in total. The third kappa shape index (κ3) is 2.98. The predicted octanol–water partition coefficient (Wildman–Crippen LogP) is 0.749. The Balaban J connectivity index is 2.55. The van der Waals surface area contributed by atoms with E-state index in [0.29, 0.717) is 0 Å². The van der Waals surface area contributed by atoms with Crippen molar-refractivity contribution in [3.63, 3.8) is 0 Å². The first-order valence-electron chi connectivity index (χ1n) is 3.39. The van der Waals surface area contributed by atoms with Crippen LogP contribution >= 0.6 is 15.9 Å². The lowest BCUT2D eigenvalue weighted by Crippen LogP contribution is -2.22. The molecule has 6 heteroatoms. The van der Waals surface area contributed by atoms with Crippen molar-refractivity contribution in [1.82, 2.24) is 9.97 Å². The van der Waals surface area contributed by atoms with Gasteiger partial charge in [0.15, 0.2) is 0 Å². The number of hydrogen-bond acceptors (Lipinski definition) is 5. The fourth-order valence-corrected chi connectivity index (χ4v) is 0.934. The highest BCUT2D eigenvalue weighted by atomic mass is 79.9. The minimum Gasteiger partial charge on any atom is -0.466 e. The predicted molar refractivity (Wildman–Crippen MR) is 47.4 cm³/mol. The lowest BCUT2D eigenvalue weighted by Gasteiger charge is -2.07. The number of alkyl halides is 1. The third-order valence-electron chi connectivity index (χ3n) is 1.14. The Morgan fingerprint density at radius 1 is 1.54 bits per heavy atom. The summed E-state index contributed by atoms with van der Waals surface area (Å²) in [6, 6.07) is 1.77. The molecule has 1 atom stereocenters. The van der Waals surface area contributed by atoms with Crippen molar-refractivity contribution >= 4 is 21.9 Å². The Labute approximate surface area is 83.2 Å². The summed E-state index contributed by atoms with van der Waals surface area (Å²) in [5, 5.41) is -0.875. The van der Waals surface area contributed by atoms with Crippen molar-refractivity contribution in [1.29, 1.82) is 0 Å². The number of methoxy groups -OCH3 is 1. The number of rotatable bonds is 3. The van der Waals surface area contributed by atoms with E-state index in [2.05, 4.69) is 30.6 Å². The number of esters is 1. The van der Waals surface area contributed by atoms with E-state index in [1.165, 1.54) is 19.5 Å². The van der Waals surface area contributed by atoms with Crippen LogP contribution in [0.5, 0.6) is 6.01 Å². The molecule has 0 N–H and O–H groups in total. The molecular weight excluding hydrogens is 240 g/mol. The topological polar surface area (TPSA) is 61.3 Å². The van der Waals surface area contributed by atoms with E-state index in [4.69, 9.17) is 4.74 Å². The second-order valence-electron chi connectivity index (χ2n) is 1.99. The van der Waals surface area contributed by atoms with Gasteiger partial charge in [0.05, 0.1) is 7.11 Å². The van der Waals surface area contributed by atoms with Crippen LogP contribution in [0, 0.1) is 0 Å². The van der Waals surface area contributed by atoms with Crippen molar-refractivity contribution in [3.8, 4) is 6.01 Å². The maximum absolute atomic E-state index is 10.9. The summed E-state index contributed by atoms with van der Waals surface area (Å²) in [6.07, 6.45) is 3.03. The molecule has 0 saturated carbocycles. The molecule has 0 aliphatic rings. The fourth-order valence-electron chi connectivity index (χ4n) is 0.580. The summed E-state index contributed by atoms with van der Waals surface area (Å²) in [6.45, 7) is 0.